The zero-order valence-electron chi connectivity index (χ0n) is 23.2. The van der Waals surface area contributed by atoms with E-state index in [-0.39, 0.29) is 23.3 Å². The van der Waals surface area contributed by atoms with E-state index in [0.717, 1.165) is 48.9 Å². The fourth-order valence-corrected chi connectivity index (χ4v) is 5.11. The first-order chi connectivity index (χ1) is 18.9. The summed E-state index contributed by atoms with van der Waals surface area (Å²) < 4.78 is 34.0. The quantitative estimate of drug-likeness (QED) is 0.377. The lowest BCUT2D eigenvalue weighted by Crippen LogP contribution is -2.28. The summed E-state index contributed by atoms with van der Waals surface area (Å²) >= 11 is 0. The molecular formula is C29H33F2N5O4. The van der Waals surface area contributed by atoms with Crippen molar-refractivity contribution in [3.8, 4) is 16.9 Å². The molecule has 0 saturated carbocycles. The van der Waals surface area contributed by atoms with Gasteiger partial charge in [0, 0.05) is 49.5 Å². The van der Waals surface area contributed by atoms with Crippen LogP contribution in [-0.2, 0) is 23.8 Å². The molecule has 2 aromatic carbocycles. The van der Waals surface area contributed by atoms with E-state index in [1.54, 1.807) is 29.9 Å². The molecule has 1 aliphatic rings. The predicted octanol–water partition coefficient (Wildman–Crippen LogP) is 4.44. The Balaban J connectivity index is 0.000000867. The molecular weight excluding hydrogens is 520 g/mol. The first kappa shape index (κ1) is 28.9. The summed E-state index contributed by atoms with van der Waals surface area (Å²) in [7, 11) is 3.77. The van der Waals surface area contributed by atoms with Crippen LogP contribution in [0.3, 0.4) is 0 Å². The monoisotopic (exact) mass is 553 g/mol. The number of rotatable bonds is 6. The van der Waals surface area contributed by atoms with Crippen LogP contribution in [-0.4, -0.2) is 62.1 Å². The molecule has 9 nitrogen and oxygen atoms in total. The highest BCUT2D eigenvalue weighted by molar-refractivity contribution is 5.84. The maximum atomic E-state index is 13.0. The van der Waals surface area contributed by atoms with Crippen molar-refractivity contribution >= 4 is 16.9 Å². The van der Waals surface area contributed by atoms with Crippen molar-refractivity contribution in [3.63, 3.8) is 0 Å². The molecule has 4 aromatic rings. The van der Waals surface area contributed by atoms with E-state index in [2.05, 4.69) is 28.8 Å². The molecule has 1 unspecified atom stereocenters. The van der Waals surface area contributed by atoms with Gasteiger partial charge in [-0.15, -0.1) is 0 Å². The molecule has 0 bridgehead atoms. The number of ether oxygens (including phenoxy) is 1. The highest BCUT2D eigenvalue weighted by atomic mass is 19.3. The number of aryl methyl sites for hydroxylation is 1. The van der Waals surface area contributed by atoms with Crippen LogP contribution in [0.5, 0.6) is 5.75 Å². The van der Waals surface area contributed by atoms with E-state index in [1.807, 2.05) is 31.5 Å². The minimum Gasteiger partial charge on any atom is -0.481 e. The third kappa shape index (κ3) is 6.20. The number of benzene rings is 2. The van der Waals surface area contributed by atoms with Crippen LogP contribution >= 0.6 is 0 Å². The fourth-order valence-electron chi connectivity index (χ4n) is 5.11. The summed E-state index contributed by atoms with van der Waals surface area (Å²) in [6, 6.07) is 10.6. The van der Waals surface area contributed by atoms with E-state index in [0.29, 0.717) is 16.5 Å². The van der Waals surface area contributed by atoms with Crippen LogP contribution in [0.15, 0.2) is 53.6 Å². The van der Waals surface area contributed by atoms with E-state index >= 15 is 0 Å². The van der Waals surface area contributed by atoms with Gasteiger partial charge in [0.25, 0.3) is 11.5 Å². The van der Waals surface area contributed by atoms with Crippen molar-refractivity contribution in [2.24, 2.45) is 7.05 Å². The lowest BCUT2D eigenvalue weighted by molar-refractivity contribution is -0.134. The molecule has 0 amide bonds. The Bertz CT molecular complexity index is 1580. The number of fused-ring (bicyclic) bond motifs is 1. The summed E-state index contributed by atoms with van der Waals surface area (Å²) in [5.41, 5.74) is 3.65. The maximum absolute atomic E-state index is 13.0. The largest absolute Gasteiger partial charge is 0.481 e. The molecule has 0 aliphatic carbocycles. The zero-order valence-corrected chi connectivity index (χ0v) is 23.2. The first-order valence-corrected chi connectivity index (χ1v) is 12.8. The first-order valence-electron chi connectivity index (χ1n) is 12.8. The summed E-state index contributed by atoms with van der Waals surface area (Å²) in [5, 5.41) is 7.96. The molecule has 0 radical (unpaired) electrons. The van der Waals surface area contributed by atoms with Gasteiger partial charge in [-0.2, -0.15) is 8.78 Å². The maximum Gasteiger partial charge on any atom is 0.387 e. The van der Waals surface area contributed by atoms with Crippen molar-refractivity contribution < 1.29 is 23.4 Å². The van der Waals surface area contributed by atoms with Crippen LogP contribution in [0, 0.1) is 6.92 Å². The van der Waals surface area contributed by atoms with Gasteiger partial charge in [0.1, 0.15) is 11.6 Å². The topological polar surface area (TPSA) is 102 Å². The standard InChI is InChI=1S/C27H29F2N5O2.C2H4O2/c1-17-5-8-23(36-26(28)29)19(11-17)15-34-22-12-18(6-7-21(22)24(35)33(34)4)20-13-30-25(31-14-20)27(2)9-10-32(3)16-27;1-2(3)4/h5-8,11-14,26H,9-10,15-16H2,1-4H3;1H3,(H,3,4). The molecule has 1 saturated heterocycles. The minimum atomic E-state index is -2.93. The van der Waals surface area contributed by atoms with Crippen molar-refractivity contribution in [3.05, 3.63) is 76.1 Å². The molecule has 0 spiro atoms. The third-order valence-corrected chi connectivity index (χ3v) is 7.10. The normalized spacial score (nSPS) is 17.2. The second-order valence-electron chi connectivity index (χ2n) is 10.5. The fraction of sp³-hybridized carbons (Fsp3) is 0.379. The van der Waals surface area contributed by atoms with Gasteiger partial charge in [0.15, 0.2) is 0 Å². The summed E-state index contributed by atoms with van der Waals surface area (Å²) in [4.78, 5) is 33.6. The van der Waals surface area contributed by atoms with Crippen LogP contribution < -0.4 is 10.3 Å². The smallest absolute Gasteiger partial charge is 0.387 e. The summed E-state index contributed by atoms with van der Waals surface area (Å²) in [6.07, 6.45) is 4.67. The molecule has 2 aromatic heterocycles. The number of nitrogens with zero attached hydrogens (tertiary/aromatic N) is 5. The van der Waals surface area contributed by atoms with Gasteiger partial charge in [-0.05, 0) is 50.7 Å². The lowest BCUT2D eigenvalue weighted by atomic mass is 9.88. The molecule has 1 fully saturated rings. The highest BCUT2D eigenvalue weighted by Gasteiger charge is 2.36. The molecule has 212 valence electrons. The van der Waals surface area contributed by atoms with Gasteiger partial charge in [-0.25, -0.2) is 9.97 Å². The van der Waals surface area contributed by atoms with Gasteiger partial charge < -0.3 is 14.7 Å². The van der Waals surface area contributed by atoms with Crippen LogP contribution in [0.25, 0.3) is 22.0 Å². The van der Waals surface area contributed by atoms with Crippen LogP contribution in [0.1, 0.15) is 37.2 Å². The average molecular weight is 554 g/mol. The Morgan fingerprint density at radius 3 is 2.40 bits per heavy atom. The van der Waals surface area contributed by atoms with E-state index in [9.17, 15) is 13.6 Å². The number of aromatic nitrogens is 4. The number of carboxylic acid groups (broad SMARTS) is 1. The number of likely N-dealkylation sites (tertiary alicyclic amines) is 1. The van der Waals surface area contributed by atoms with E-state index in [4.69, 9.17) is 14.6 Å². The van der Waals surface area contributed by atoms with Crippen molar-refractivity contribution in [2.45, 2.75) is 45.8 Å². The van der Waals surface area contributed by atoms with Gasteiger partial charge in [0.05, 0.1) is 17.4 Å². The number of halogens is 2. The Kier molecular flexibility index (Phi) is 8.34. The SMILES string of the molecule is CC(=O)O.Cc1ccc(OC(F)F)c(Cn2c3cc(-c4cnc(C5(C)CCN(C)C5)nc4)ccc3c(=O)n2C)c1. The summed E-state index contributed by atoms with van der Waals surface area (Å²) in [5.74, 6) is 0.0930. The number of aliphatic carboxylic acids is 1. The minimum absolute atomic E-state index is 0.0665. The second-order valence-corrected chi connectivity index (χ2v) is 10.5. The lowest BCUT2D eigenvalue weighted by Gasteiger charge is -2.21. The van der Waals surface area contributed by atoms with Crippen LogP contribution in [0.2, 0.25) is 0 Å². The number of carboxylic acids is 1. The second kappa shape index (κ2) is 11.5. The highest BCUT2D eigenvalue weighted by Crippen LogP contribution is 2.32. The van der Waals surface area contributed by atoms with Gasteiger partial charge in [0.2, 0.25) is 0 Å². The molecule has 1 aliphatic heterocycles. The van der Waals surface area contributed by atoms with Crippen LogP contribution in [0.4, 0.5) is 8.78 Å². The number of hydrogen-bond acceptors (Lipinski definition) is 6. The molecule has 1 N–H and O–H groups in total. The van der Waals surface area contributed by atoms with E-state index in [1.165, 1.54) is 10.7 Å². The number of alkyl halides is 2. The van der Waals surface area contributed by atoms with Gasteiger partial charge >= 0.3 is 6.61 Å². The number of likely N-dealkylation sites (N-methyl/N-ethyl adjacent to an activating group) is 1. The van der Waals surface area contributed by atoms with Gasteiger partial charge in [-0.3, -0.25) is 19.0 Å². The van der Waals surface area contributed by atoms with Gasteiger partial charge in [-0.1, -0.05) is 30.7 Å². The van der Waals surface area contributed by atoms with Crippen molar-refractivity contribution in [2.75, 3.05) is 20.1 Å². The predicted molar refractivity (Wildman–Crippen MR) is 148 cm³/mol. The van der Waals surface area contributed by atoms with E-state index < -0.39 is 12.6 Å². The van der Waals surface area contributed by atoms with Crippen molar-refractivity contribution in [1.82, 2.24) is 24.2 Å². The average Bonchev–Trinajstić information content (AvgIpc) is 3.36. The Morgan fingerprint density at radius 1 is 1.12 bits per heavy atom. The molecule has 40 heavy (non-hydrogen) atoms. The Morgan fingerprint density at radius 2 is 1.80 bits per heavy atom. The molecule has 1 atom stereocenters. The van der Waals surface area contributed by atoms with Crippen molar-refractivity contribution in [1.29, 1.82) is 0 Å². The zero-order chi connectivity index (χ0) is 29.2. The molecule has 11 heteroatoms. The molecule has 5 rings (SSSR count). The molecule has 3 heterocycles. The Labute approximate surface area is 230 Å². The Hall–Kier alpha value is -4.12. The summed E-state index contributed by atoms with van der Waals surface area (Å²) in [6.45, 7) is 4.37. The number of carbonyl (C=O) groups is 1. The number of hydrogen-bond donors (Lipinski definition) is 1. The third-order valence-electron chi connectivity index (χ3n) is 7.10.